The summed E-state index contributed by atoms with van der Waals surface area (Å²) in [5.41, 5.74) is 0.869. The van der Waals surface area contributed by atoms with Gasteiger partial charge in [-0.25, -0.2) is 4.98 Å². The van der Waals surface area contributed by atoms with E-state index < -0.39 is 6.72 Å². The molecule has 0 spiro atoms. The summed E-state index contributed by atoms with van der Waals surface area (Å²) in [6.07, 6.45) is 0. The van der Waals surface area contributed by atoms with E-state index in [-0.39, 0.29) is 6.15 Å². The largest absolute Gasteiger partial charge is 0.424 e. The molecule has 0 aliphatic rings. The van der Waals surface area contributed by atoms with Gasteiger partial charge in [0.1, 0.15) is 11.6 Å². The molecule has 0 radical (unpaired) electrons. The normalized spacial score (nSPS) is 10.8. The molecule has 0 aliphatic carbocycles. The van der Waals surface area contributed by atoms with Gasteiger partial charge in [-0.15, -0.1) is 0 Å². The molecule has 0 atom stereocenters. The summed E-state index contributed by atoms with van der Waals surface area (Å²) in [6.45, 7) is 5.16. The van der Waals surface area contributed by atoms with Gasteiger partial charge >= 0.3 is 6.72 Å². The molecule has 0 aliphatic heterocycles. The minimum absolute atomic E-state index is 0. The van der Waals surface area contributed by atoms with Crippen molar-refractivity contribution in [2.75, 3.05) is 32.2 Å². The smallest absolute Gasteiger partial charge is 0.380 e. The van der Waals surface area contributed by atoms with Gasteiger partial charge in [-0.2, -0.15) is 0 Å². The van der Waals surface area contributed by atoms with Crippen molar-refractivity contribution in [2.45, 2.75) is 20.8 Å². The Morgan fingerprint density at radius 2 is 1.75 bits per heavy atom. The highest BCUT2D eigenvalue weighted by atomic mass is 32.5. The summed E-state index contributed by atoms with van der Waals surface area (Å²) in [4.78, 5) is 6.64. The van der Waals surface area contributed by atoms with Crippen LogP contribution >= 0.6 is 6.72 Å². The van der Waals surface area contributed by atoms with Gasteiger partial charge < -0.3 is 24.6 Å². The van der Waals surface area contributed by atoms with Gasteiger partial charge in [-0.1, -0.05) is 0 Å². The topological polar surface area (TPSA) is 78.8 Å². The number of pyridine rings is 1. The highest BCUT2D eigenvalue weighted by Crippen LogP contribution is 2.48. The number of rotatable bonds is 7. The predicted molar refractivity (Wildman–Crippen MR) is 86.5 cm³/mol. The van der Waals surface area contributed by atoms with E-state index in [0.29, 0.717) is 5.75 Å². The molecule has 0 fully saturated rings. The molecule has 116 valence electrons. The zero-order valence-electron chi connectivity index (χ0n) is 12.8. The number of aryl methyl sites for hydroxylation is 1. The molecule has 3 N–H and O–H groups in total. The van der Waals surface area contributed by atoms with Crippen LogP contribution in [0.2, 0.25) is 0 Å². The van der Waals surface area contributed by atoms with E-state index in [0.717, 1.165) is 24.6 Å². The fraction of sp³-hybridized carbons (Fsp3) is 0.583. The van der Waals surface area contributed by atoms with Gasteiger partial charge in [0.2, 0.25) is 0 Å². The Kier molecular flexibility index (Phi) is 8.23. The molecule has 8 heteroatoms. The Hall–Kier alpha value is -0.720. The number of anilines is 1. The highest BCUT2D eigenvalue weighted by Gasteiger charge is 2.19. The molecular weight excluding hydrogens is 297 g/mol. The Balaban J connectivity index is 0.00000361. The van der Waals surface area contributed by atoms with Gasteiger partial charge in [-0.05, 0) is 20.8 Å². The quantitative estimate of drug-likeness (QED) is 0.772. The van der Waals surface area contributed by atoms with E-state index in [1.54, 1.807) is 0 Å². The number of nitrogens with zero attached hydrogens (tertiary/aromatic N) is 2. The molecule has 0 aromatic carbocycles. The fourth-order valence-electron chi connectivity index (χ4n) is 1.66. The first-order chi connectivity index (χ1) is 8.97. The molecule has 1 rings (SSSR count). The Bertz CT molecular complexity index is 461. The third-order valence-corrected chi connectivity index (χ3v) is 5.11. The first-order valence-corrected chi connectivity index (χ1v) is 8.68. The second-order valence-corrected chi connectivity index (χ2v) is 7.03. The molecule has 0 saturated heterocycles. The predicted octanol–water partition coefficient (Wildman–Crippen LogP) is 3.29. The van der Waals surface area contributed by atoms with Gasteiger partial charge in [0, 0.05) is 56.9 Å². The lowest BCUT2D eigenvalue weighted by Crippen LogP contribution is -2.23. The molecule has 0 bridgehead atoms. The molecule has 0 amide bonds. The molecule has 1 aromatic heterocycles. The van der Waals surface area contributed by atoms with Gasteiger partial charge in [-0.3, -0.25) is 0 Å². The minimum atomic E-state index is -2.70. The summed E-state index contributed by atoms with van der Waals surface area (Å²) in [6, 6.07) is 3.69. The van der Waals surface area contributed by atoms with E-state index in [1.807, 2.05) is 19.1 Å². The molecule has 0 unspecified atom stereocenters. The third-order valence-electron chi connectivity index (χ3n) is 2.67. The first-order valence-electron chi connectivity index (χ1n) is 6.12. The number of aromatic nitrogens is 1. The van der Waals surface area contributed by atoms with Crippen molar-refractivity contribution in [3.63, 3.8) is 0 Å². The second-order valence-electron chi connectivity index (χ2n) is 3.88. The van der Waals surface area contributed by atoms with Crippen LogP contribution in [0.1, 0.15) is 19.5 Å². The zero-order valence-corrected chi connectivity index (χ0v) is 14.5. The number of hydrogen-bond donors (Lipinski definition) is 1. The van der Waals surface area contributed by atoms with Crippen molar-refractivity contribution in [3.8, 4) is 5.75 Å². The van der Waals surface area contributed by atoms with Crippen LogP contribution in [0.25, 0.3) is 0 Å². The van der Waals surface area contributed by atoms with Crippen LogP contribution in [0.4, 0.5) is 5.82 Å². The molecule has 20 heavy (non-hydrogen) atoms. The van der Waals surface area contributed by atoms with Gasteiger partial charge in [0.15, 0.2) is 0 Å². The van der Waals surface area contributed by atoms with E-state index in [9.17, 15) is 0 Å². The molecule has 6 nitrogen and oxygen atoms in total. The number of hydrogen-bond acceptors (Lipinski definition) is 7. The van der Waals surface area contributed by atoms with Gasteiger partial charge in [0.25, 0.3) is 0 Å². The molecular formula is C12H24N3O3PS. The standard InChI is InChI=1S/C12H21N2O3PS.H3N/c1-6-14(7-2)12-9-11(8-10(3)13-12)17-18(19,15-4)16-5;/h8-9H,6-7H2,1-5H3;1H3. The molecule has 1 aromatic rings. The van der Waals surface area contributed by atoms with Crippen molar-refractivity contribution < 1.29 is 13.6 Å². The lowest BCUT2D eigenvalue weighted by atomic mass is 10.3. The molecule has 0 saturated carbocycles. The Labute approximate surface area is 126 Å². The van der Waals surface area contributed by atoms with Crippen molar-refractivity contribution in [1.29, 1.82) is 0 Å². The summed E-state index contributed by atoms with van der Waals surface area (Å²) in [5, 5.41) is 0. The highest BCUT2D eigenvalue weighted by molar-refractivity contribution is 8.07. The first kappa shape index (κ1) is 19.3. The maximum absolute atomic E-state index is 5.68. The summed E-state index contributed by atoms with van der Waals surface area (Å²) in [7, 11) is 2.98. The van der Waals surface area contributed by atoms with Crippen LogP contribution in [0.5, 0.6) is 5.75 Å². The maximum Gasteiger partial charge on any atom is 0.380 e. The van der Waals surface area contributed by atoms with E-state index in [1.165, 1.54) is 14.2 Å². The average Bonchev–Trinajstić information content (AvgIpc) is 2.39. The lowest BCUT2D eigenvalue weighted by Gasteiger charge is -2.22. The molecule has 1 heterocycles. The van der Waals surface area contributed by atoms with Crippen LogP contribution in [0.3, 0.4) is 0 Å². The van der Waals surface area contributed by atoms with Crippen LogP contribution in [0, 0.1) is 6.92 Å². The van der Waals surface area contributed by atoms with E-state index >= 15 is 0 Å². The second kappa shape index (κ2) is 8.54. The van der Waals surface area contributed by atoms with Crippen LogP contribution in [0.15, 0.2) is 12.1 Å². The van der Waals surface area contributed by atoms with E-state index in [4.69, 9.17) is 25.4 Å². The summed E-state index contributed by atoms with van der Waals surface area (Å²) < 4.78 is 15.9. The summed E-state index contributed by atoms with van der Waals surface area (Å²) in [5.74, 6) is 1.50. The average molecular weight is 321 g/mol. The van der Waals surface area contributed by atoms with Crippen molar-refractivity contribution >= 4 is 24.3 Å². The zero-order chi connectivity index (χ0) is 14.5. The third kappa shape index (κ3) is 5.00. The van der Waals surface area contributed by atoms with E-state index in [2.05, 4.69) is 23.7 Å². The minimum Gasteiger partial charge on any atom is -0.424 e. The van der Waals surface area contributed by atoms with Crippen LogP contribution < -0.4 is 15.6 Å². The monoisotopic (exact) mass is 321 g/mol. The van der Waals surface area contributed by atoms with Crippen LogP contribution in [-0.2, 0) is 20.9 Å². The fourth-order valence-corrected chi connectivity index (χ4v) is 2.58. The van der Waals surface area contributed by atoms with Crippen molar-refractivity contribution in [3.05, 3.63) is 17.8 Å². The SMILES string of the molecule is CCN(CC)c1cc(OP(=S)(OC)OC)cc(C)n1.N. The van der Waals surface area contributed by atoms with Gasteiger partial charge in [0.05, 0.1) is 0 Å². The van der Waals surface area contributed by atoms with Crippen molar-refractivity contribution in [1.82, 2.24) is 11.1 Å². The Morgan fingerprint density at radius 3 is 2.20 bits per heavy atom. The maximum atomic E-state index is 5.68. The lowest BCUT2D eigenvalue weighted by molar-refractivity contribution is 0.273. The Morgan fingerprint density at radius 1 is 1.20 bits per heavy atom. The van der Waals surface area contributed by atoms with Crippen LogP contribution in [-0.4, -0.2) is 32.3 Å². The van der Waals surface area contributed by atoms with Crippen molar-refractivity contribution in [2.24, 2.45) is 0 Å². The summed E-state index contributed by atoms with van der Waals surface area (Å²) >= 11 is 5.21.